The molecule has 2 aromatic rings. The minimum Gasteiger partial charge on any atom is -0.497 e. The summed E-state index contributed by atoms with van der Waals surface area (Å²) in [7, 11) is 2.46. The van der Waals surface area contributed by atoms with E-state index in [9.17, 15) is 0 Å². The summed E-state index contributed by atoms with van der Waals surface area (Å²) in [4.78, 5) is 0. The molecule has 3 fully saturated rings. The van der Waals surface area contributed by atoms with Crippen LogP contribution in [0, 0.1) is 0 Å². The molecule has 0 atom stereocenters. The summed E-state index contributed by atoms with van der Waals surface area (Å²) in [6.45, 7) is 0. The molecule has 0 aliphatic heterocycles. The fraction of sp³-hybridized carbons (Fsp3) is 0.520. The fourth-order valence-electron chi connectivity index (χ4n) is 5.43. The lowest BCUT2D eigenvalue weighted by Gasteiger charge is -2.38. The Kier molecular flexibility index (Phi) is 5.11. The van der Waals surface area contributed by atoms with E-state index in [-0.39, 0.29) is 4.75 Å². The zero-order chi connectivity index (χ0) is 20.1. The topological polar surface area (TPSA) is 18.5 Å². The quantitative estimate of drug-likeness (QED) is 0.370. The van der Waals surface area contributed by atoms with Gasteiger partial charge in [0.05, 0.1) is 42.1 Å². The van der Waals surface area contributed by atoms with Crippen LogP contribution < -0.4 is 9.47 Å². The van der Waals surface area contributed by atoms with Crippen LogP contribution in [-0.4, -0.2) is 37.4 Å². The number of benzene rings is 2. The molecule has 4 heteroatoms. The highest BCUT2D eigenvalue weighted by atomic mass is 32.1. The van der Waals surface area contributed by atoms with Gasteiger partial charge >= 0.3 is 0 Å². The van der Waals surface area contributed by atoms with Gasteiger partial charge in [0, 0.05) is 7.26 Å². The Morgan fingerprint density at radius 2 is 1.07 bits per heavy atom. The maximum Gasteiger partial charge on any atom is 0.118 e. The first-order chi connectivity index (χ1) is 14.1. The second-order valence-corrected chi connectivity index (χ2v) is 14.4. The van der Waals surface area contributed by atoms with E-state index < -0.39 is 7.26 Å². The molecule has 0 heterocycles. The van der Waals surface area contributed by atoms with Gasteiger partial charge in [-0.25, -0.2) is 0 Å². The summed E-state index contributed by atoms with van der Waals surface area (Å²) in [6, 6.07) is 17.3. The molecular weight excluding hydrogens is 395 g/mol. The Morgan fingerprint density at radius 3 is 1.34 bits per heavy atom. The minimum atomic E-state index is -1.01. The van der Waals surface area contributed by atoms with Crippen LogP contribution in [0.2, 0.25) is 0 Å². The third kappa shape index (κ3) is 3.59. The average molecular weight is 428 g/mol. The van der Waals surface area contributed by atoms with Crippen LogP contribution in [0.5, 0.6) is 11.5 Å². The number of thiol groups is 1. The second kappa shape index (κ2) is 7.50. The van der Waals surface area contributed by atoms with Gasteiger partial charge in [-0.2, -0.15) is 12.6 Å². The van der Waals surface area contributed by atoms with Crippen LogP contribution in [0.4, 0.5) is 0 Å². The minimum absolute atomic E-state index is 0.250. The van der Waals surface area contributed by atoms with E-state index in [2.05, 4.69) is 48.5 Å². The zero-order valence-electron chi connectivity index (χ0n) is 17.5. The Morgan fingerprint density at radius 1 is 0.724 bits per heavy atom. The molecule has 0 radical (unpaired) electrons. The van der Waals surface area contributed by atoms with Gasteiger partial charge in [0.25, 0.3) is 0 Å². The van der Waals surface area contributed by atoms with Gasteiger partial charge in [-0.05, 0) is 73.9 Å². The van der Waals surface area contributed by atoms with E-state index in [0.717, 1.165) is 28.5 Å². The molecule has 29 heavy (non-hydrogen) atoms. The van der Waals surface area contributed by atoms with Gasteiger partial charge in [-0.1, -0.05) is 24.3 Å². The van der Waals surface area contributed by atoms with Crippen LogP contribution >= 0.6 is 19.9 Å². The van der Waals surface area contributed by atoms with Crippen molar-refractivity contribution in [1.29, 1.82) is 0 Å². The Bertz CT molecular complexity index is 773. The Hall–Kier alpha value is -1.18. The fourth-order valence-corrected chi connectivity index (χ4v) is 13.5. The molecule has 3 saturated carbocycles. The molecule has 0 N–H and O–H groups in total. The third-order valence-electron chi connectivity index (χ3n) is 7.32. The molecule has 2 nitrogen and oxygen atoms in total. The maximum absolute atomic E-state index is 5.53. The number of ether oxygens (including phenoxy) is 2. The van der Waals surface area contributed by atoms with Crippen LogP contribution in [0.3, 0.4) is 0 Å². The predicted octanol–water partition coefficient (Wildman–Crippen LogP) is 6.38. The molecule has 0 bridgehead atoms. The van der Waals surface area contributed by atoms with Crippen molar-refractivity contribution in [2.75, 3.05) is 20.4 Å². The SMILES string of the molecule is COc1ccc(C(S)(C[P+](C2CC2)(C2CC2)C2CC2)c2ccc(OC)cc2)cc1. The van der Waals surface area contributed by atoms with Crippen LogP contribution in [0.15, 0.2) is 48.5 Å². The lowest BCUT2D eigenvalue weighted by molar-refractivity contribution is 0.414. The van der Waals surface area contributed by atoms with Gasteiger partial charge in [0.2, 0.25) is 0 Å². The summed E-state index contributed by atoms with van der Waals surface area (Å²) in [5.41, 5.74) is 5.66. The van der Waals surface area contributed by atoms with Crippen molar-refractivity contribution in [3.8, 4) is 11.5 Å². The standard InChI is InChI=1S/C25H31O2PS/c1-26-20-7-3-18(4-8-20)25(29,19-5-9-21(27-2)10-6-19)17-28(22-11-12-22,23-13-14-23)24-15-16-24/h3-10,22-24H,11-17H2,1-2H3/p+1. The smallest absolute Gasteiger partial charge is 0.118 e. The maximum atomic E-state index is 5.53. The van der Waals surface area contributed by atoms with Crippen molar-refractivity contribution in [2.24, 2.45) is 0 Å². The molecule has 5 rings (SSSR count). The van der Waals surface area contributed by atoms with E-state index in [1.165, 1.54) is 55.8 Å². The summed E-state index contributed by atoms with van der Waals surface area (Å²) in [6.07, 6.45) is 10.1. The lowest BCUT2D eigenvalue weighted by atomic mass is 9.91. The lowest BCUT2D eigenvalue weighted by Crippen LogP contribution is -2.31. The summed E-state index contributed by atoms with van der Waals surface area (Å²) >= 11 is 5.53. The molecule has 2 aromatic carbocycles. The largest absolute Gasteiger partial charge is 0.497 e. The average Bonchev–Trinajstić information content (AvgIpc) is 3.61. The van der Waals surface area contributed by atoms with Crippen LogP contribution in [-0.2, 0) is 4.75 Å². The van der Waals surface area contributed by atoms with Crippen molar-refractivity contribution in [3.63, 3.8) is 0 Å². The molecule has 154 valence electrons. The molecule has 0 aromatic heterocycles. The molecule has 3 aliphatic carbocycles. The number of methoxy groups -OCH3 is 2. The summed E-state index contributed by atoms with van der Waals surface area (Å²) in [5.74, 6) is 1.82. The van der Waals surface area contributed by atoms with E-state index in [0.29, 0.717) is 0 Å². The van der Waals surface area contributed by atoms with E-state index in [4.69, 9.17) is 22.1 Å². The first kappa shape index (κ1) is 19.8. The monoisotopic (exact) mass is 427 g/mol. The first-order valence-corrected chi connectivity index (χ1v) is 13.6. The van der Waals surface area contributed by atoms with Gasteiger partial charge in [-0.15, -0.1) is 0 Å². The molecule has 0 spiro atoms. The molecule has 0 amide bonds. The van der Waals surface area contributed by atoms with Crippen molar-refractivity contribution < 1.29 is 9.47 Å². The number of rotatable bonds is 9. The van der Waals surface area contributed by atoms with E-state index >= 15 is 0 Å². The highest BCUT2D eigenvalue weighted by Crippen LogP contribution is 2.87. The predicted molar refractivity (Wildman–Crippen MR) is 127 cm³/mol. The van der Waals surface area contributed by atoms with E-state index in [1.807, 2.05) is 0 Å². The van der Waals surface area contributed by atoms with Crippen LogP contribution in [0.25, 0.3) is 0 Å². The first-order valence-electron chi connectivity index (χ1n) is 11.0. The molecule has 3 aliphatic rings. The zero-order valence-corrected chi connectivity index (χ0v) is 19.3. The number of hydrogen-bond donors (Lipinski definition) is 1. The Labute approximate surface area is 181 Å². The van der Waals surface area contributed by atoms with Crippen molar-refractivity contribution in [2.45, 2.75) is 60.2 Å². The van der Waals surface area contributed by atoms with Crippen molar-refractivity contribution >= 4 is 19.9 Å². The van der Waals surface area contributed by atoms with Gasteiger partial charge in [0.15, 0.2) is 0 Å². The normalized spacial score (nSPS) is 19.8. The summed E-state index contributed by atoms with van der Waals surface area (Å²) in [5, 5.41) is 0. The molecule has 0 saturated heterocycles. The van der Waals surface area contributed by atoms with Gasteiger partial charge < -0.3 is 9.47 Å². The van der Waals surface area contributed by atoms with Gasteiger partial charge in [0.1, 0.15) is 11.5 Å². The van der Waals surface area contributed by atoms with Crippen LogP contribution in [0.1, 0.15) is 49.7 Å². The summed E-state index contributed by atoms with van der Waals surface area (Å²) < 4.78 is 10.6. The highest BCUT2D eigenvalue weighted by Gasteiger charge is 2.69. The molecule has 0 unspecified atom stereocenters. The van der Waals surface area contributed by atoms with E-state index in [1.54, 1.807) is 14.2 Å². The molecular formula is C25H32O2PS+. The number of hydrogen-bond acceptors (Lipinski definition) is 3. The van der Waals surface area contributed by atoms with Crippen molar-refractivity contribution in [3.05, 3.63) is 59.7 Å². The van der Waals surface area contributed by atoms with Gasteiger partial charge in [-0.3, -0.25) is 0 Å². The Balaban J connectivity index is 1.58. The third-order valence-corrected chi connectivity index (χ3v) is 14.9. The second-order valence-electron chi connectivity index (χ2n) is 9.16. The highest BCUT2D eigenvalue weighted by molar-refractivity contribution is 7.84. The van der Waals surface area contributed by atoms with Crippen molar-refractivity contribution in [1.82, 2.24) is 0 Å².